The van der Waals surface area contributed by atoms with Crippen molar-refractivity contribution in [1.82, 2.24) is 0 Å². The van der Waals surface area contributed by atoms with Crippen molar-refractivity contribution in [2.24, 2.45) is 5.92 Å². The smallest absolute Gasteiger partial charge is 0.303 e. The molecule has 3 aliphatic rings. The van der Waals surface area contributed by atoms with E-state index in [1.54, 1.807) is 50.7 Å². The molecule has 15 heteroatoms. The number of ether oxygens (including phenoxy) is 8. The quantitative estimate of drug-likeness (QED) is 0.0936. The first-order valence-electron chi connectivity index (χ1n) is 24.4. The molecule has 0 spiro atoms. The van der Waals surface area contributed by atoms with E-state index in [-0.39, 0.29) is 12.0 Å². The Labute approximate surface area is 436 Å². The van der Waals surface area contributed by atoms with Crippen LogP contribution < -0.4 is 9.47 Å². The van der Waals surface area contributed by atoms with Gasteiger partial charge < -0.3 is 53.2 Å². The second-order valence-corrected chi connectivity index (χ2v) is 21.3. The number of hydrogen-bond donors (Lipinski definition) is 3. The molecular weight excluding hydrogens is 969 g/mol. The van der Waals surface area contributed by atoms with E-state index >= 15 is 0 Å². The molecule has 0 saturated carbocycles. The SMILES string of the molecule is CO.COc1ccc(-c2ccc(Cc3cc(C(O)[C@@H]4O[C@H]5OC(C)(C)O[C@H]5[C@@H]4O)ccc3C)s2)cc1.COc1ccc(-c2ccc(Cc3cc(C4O[C@H](C)[C@@H](C)[C@H](OC(C)=O)[C@H]4OC(C)=O)ccc3C)s2)cc1. The maximum absolute atomic E-state index is 12.0. The zero-order chi connectivity index (χ0) is 52.7. The number of methoxy groups -OCH3 is 2. The molecule has 10 atom stereocenters. The minimum Gasteiger partial charge on any atom is -0.497 e. The van der Waals surface area contributed by atoms with Crippen LogP contribution in [-0.4, -0.2) is 97.3 Å². The van der Waals surface area contributed by atoms with E-state index in [4.69, 9.17) is 43.0 Å². The molecule has 4 aromatic carbocycles. The van der Waals surface area contributed by atoms with E-state index in [2.05, 4.69) is 74.5 Å². The number of aliphatic hydroxyl groups is 3. The lowest BCUT2D eigenvalue weighted by atomic mass is 9.85. The summed E-state index contributed by atoms with van der Waals surface area (Å²) in [6, 6.07) is 36.8. The average Bonchev–Trinajstić information content (AvgIpc) is 4.18. The van der Waals surface area contributed by atoms with Gasteiger partial charge in [-0.25, -0.2) is 0 Å². The van der Waals surface area contributed by atoms with E-state index in [9.17, 15) is 19.8 Å². The van der Waals surface area contributed by atoms with Crippen molar-refractivity contribution in [2.45, 2.75) is 129 Å². The molecule has 3 aliphatic heterocycles. The molecule has 3 N–H and O–H groups in total. The average molecular weight is 1040 g/mol. The molecular formula is C58H68O13S2. The highest BCUT2D eigenvalue weighted by molar-refractivity contribution is 7.15. The van der Waals surface area contributed by atoms with Crippen LogP contribution in [0.2, 0.25) is 0 Å². The second kappa shape index (κ2) is 24.3. The molecule has 0 aliphatic carbocycles. The van der Waals surface area contributed by atoms with Crippen molar-refractivity contribution in [3.8, 4) is 32.4 Å². The minimum atomic E-state index is -0.992. The van der Waals surface area contributed by atoms with E-state index in [1.807, 2.05) is 62.4 Å². The number of aryl methyl sites for hydroxylation is 2. The fourth-order valence-electron chi connectivity index (χ4n) is 9.36. The van der Waals surface area contributed by atoms with E-state index in [1.165, 1.54) is 44.5 Å². The summed E-state index contributed by atoms with van der Waals surface area (Å²) in [6.07, 6.45) is -4.60. The summed E-state index contributed by atoms with van der Waals surface area (Å²) in [5.74, 6) is -0.101. The Morgan fingerprint density at radius 3 is 1.68 bits per heavy atom. The van der Waals surface area contributed by atoms with Gasteiger partial charge in [0.2, 0.25) is 0 Å². The Morgan fingerprint density at radius 1 is 0.671 bits per heavy atom. The number of thiophene rings is 2. The number of aliphatic hydroxyl groups excluding tert-OH is 3. The fraction of sp³-hybridized carbons (Fsp3) is 0.414. The van der Waals surface area contributed by atoms with Crippen molar-refractivity contribution < 1.29 is 62.8 Å². The number of carbonyl (C=O) groups is 2. The molecule has 5 heterocycles. The number of carbonyl (C=O) groups excluding carboxylic acids is 2. The summed E-state index contributed by atoms with van der Waals surface area (Å²) < 4.78 is 45.6. The van der Waals surface area contributed by atoms with E-state index in [0.29, 0.717) is 5.56 Å². The third-order valence-corrected chi connectivity index (χ3v) is 15.7. The van der Waals surface area contributed by atoms with Gasteiger partial charge in [-0.2, -0.15) is 0 Å². The Bertz CT molecular complexity index is 2780. The zero-order valence-corrected chi connectivity index (χ0v) is 45.0. The zero-order valence-electron chi connectivity index (χ0n) is 43.3. The summed E-state index contributed by atoms with van der Waals surface area (Å²) in [6.45, 7) is 14.4. The van der Waals surface area contributed by atoms with Crippen molar-refractivity contribution in [3.63, 3.8) is 0 Å². The van der Waals surface area contributed by atoms with Gasteiger partial charge in [-0.3, -0.25) is 9.59 Å². The van der Waals surface area contributed by atoms with Gasteiger partial charge in [-0.05, 0) is 152 Å². The van der Waals surface area contributed by atoms with E-state index < -0.39 is 66.7 Å². The van der Waals surface area contributed by atoms with Gasteiger partial charge in [0, 0.05) is 59.2 Å². The van der Waals surface area contributed by atoms with Gasteiger partial charge in [0.1, 0.15) is 48.1 Å². The monoisotopic (exact) mass is 1040 g/mol. The van der Waals surface area contributed by atoms with Crippen LogP contribution in [0.5, 0.6) is 11.5 Å². The molecule has 3 fully saturated rings. The van der Waals surface area contributed by atoms with Crippen molar-refractivity contribution in [3.05, 3.63) is 152 Å². The van der Waals surface area contributed by atoms with Crippen LogP contribution in [0.4, 0.5) is 0 Å². The highest BCUT2D eigenvalue weighted by Gasteiger charge is 2.56. The van der Waals surface area contributed by atoms with Gasteiger partial charge in [0.05, 0.1) is 20.3 Å². The molecule has 0 radical (unpaired) electrons. The molecule has 6 aromatic rings. The highest BCUT2D eigenvalue weighted by atomic mass is 32.1. The van der Waals surface area contributed by atoms with Crippen LogP contribution >= 0.6 is 22.7 Å². The molecule has 0 amide bonds. The summed E-state index contributed by atoms with van der Waals surface area (Å²) in [5, 5.41) is 28.8. The van der Waals surface area contributed by atoms with Gasteiger partial charge in [0.25, 0.3) is 0 Å². The first-order chi connectivity index (χ1) is 34.9. The largest absolute Gasteiger partial charge is 0.497 e. The molecule has 0 bridgehead atoms. The van der Waals surface area contributed by atoms with Crippen LogP contribution in [0.15, 0.2) is 109 Å². The third-order valence-electron chi connectivity index (χ3n) is 13.4. The Balaban J connectivity index is 0.000000207. The molecule has 13 nitrogen and oxygen atoms in total. The highest BCUT2D eigenvalue weighted by Crippen LogP contribution is 2.43. The molecule has 2 aromatic heterocycles. The maximum atomic E-state index is 12.0. The van der Waals surface area contributed by atoms with Gasteiger partial charge in [0.15, 0.2) is 18.2 Å². The van der Waals surface area contributed by atoms with Gasteiger partial charge in [-0.15, -0.1) is 22.7 Å². The lowest BCUT2D eigenvalue weighted by Crippen LogP contribution is -2.52. The summed E-state index contributed by atoms with van der Waals surface area (Å²) in [7, 11) is 4.33. The predicted molar refractivity (Wildman–Crippen MR) is 282 cm³/mol. The predicted octanol–water partition coefficient (Wildman–Crippen LogP) is 10.5. The lowest BCUT2D eigenvalue weighted by Gasteiger charge is -2.43. The molecule has 390 valence electrons. The Morgan fingerprint density at radius 2 is 1.18 bits per heavy atom. The summed E-state index contributed by atoms with van der Waals surface area (Å²) >= 11 is 3.52. The molecule has 73 heavy (non-hydrogen) atoms. The number of hydrogen-bond acceptors (Lipinski definition) is 15. The topological polar surface area (TPSA) is 169 Å². The van der Waals surface area contributed by atoms with Crippen LogP contribution in [0.3, 0.4) is 0 Å². The maximum Gasteiger partial charge on any atom is 0.303 e. The summed E-state index contributed by atoms with van der Waals surface area (Å²) in [4.78, 5) is 28.7. The van der Waals surface area contributed by atoms with E-state index in [0.717, 1.165) is 59.3 Å². The van der Waals surface area contributed by atoms with Crippen LogP contribution in [0.1, 0.15) is 96.9 Å². The molecule has 2 unspecified atom stereocenters. The first-order valence-corrected chi connectivity index (χ1v) is 26.0. The minimum absolute atomic E-state index is 0.128. The van der Waals surface area contributed by atoms with Gasteiger partial charge >= 0.3 is 11.9 Å². The van der Waals surface area contributed by atoms with Crippen molar-refractivity contribution in [2.75, 3.05) is 21.3 Å². The number of rotatable bonds is 13. The number of benzene rings is 4. The number of fused-ring (bicyclic) bond motifs is 1. The Kier molecular flexibility index (Phi) is 18.4. The fourth-order valence-corrected chi connectivity index (χ4v) is 11.4. The van der Waals surface area contributed by atoms with Crippen molar-refractivity contribution >= 4 is 34.6 Å². The third kappa shape index (κ3) is 13.3. The van der Waals surface area contributed by atoms with Crippen LogP contribution in [-0.2, 0) is 50.9 Å². The first kappa shape index (κ1) is 55.3. The number of esters is 2. The lowest BCUT2D eigenvalue weighted by molar-refractivity contribution is -0.226. The van der Waals surface area contributed by atoms with Gasteiger partial charge in [-0.1, -0.05) is 43.3 Å². The molecule has 9 rings (SSSR count). The normalized spacial score (nSPS) is 24.2. The second-order valence-electron chi connectivity index (χ2n) is 19.0. The molecule has 3 saturated heterocycles. The van der Waals surface area contributed by atoms with Crippen LogP contribution in [0.25, 0.3) is 20.9 Å². The Hall–Kier alpha value is -5.46. The summed E-state index contributed by atoms with van der Waals surface area (Å²) in [5.41, 5.74) is 8.52. The van der Waals surface area contributed by atoms with Crippen molar-refractivity contribution in [1.29, 1.82) is 0 Å². The van der Waals surface area contributed by atoms with Crippen LogP contribution in [0, 0.1) is 19.8 Å². The standard InChI is InChI=1S/C30H34O6S.C27H30O6S.CH4O/c1-17-7-8-23(29-30(36-21(5)32)28(35-20(4)31)18(2)19(3)34-29)15-24(17)16-26-13-14-27(37-26)22-9-11-25(33-6)12-10-22;1-15-5-6-17(22(28)24-23(29)25-26(31-24)33-27(2,3)32-25)13-18(15)14-20-11-12-21(34-20)16-7-9-19(30-4)10-8-16;1-2/h7-15,18-19,28-30H,16H2,1-6H3;5-13,22-26,28-29H,14H2,1-4H3;2H,1H3/t18-,19-,28+,29?,30-;22?,23-,24+,25+,26+;/m11./s1.